The number of carboxylic acid groups (broad SMARTS) is 1. The molecule has 0 unspecified atom stereocenters. The molecule has 2 aromatic rings. The zero-order valence-corrected chi connectivity index (χ0v) is 10.8. The Balaban J connectivity index is 2.41. The first kappa shape index (κ1) is 14.0. The average Bonchev–Trinajstić information content (AvgIpc) is 2.41. The van der Waals surface area contributed by atoms with Crippen LogP contribution in [0.3, 0.4) is 0 Å². The van der Waals surface area contributed by atoms with Gasteiger partial charge in [-0.3, -0.25) is 10.1 Å². The molecule has 0 fully saturated rings. The maximum absolute atomic E-state index is 12.8. The number of nitrogens with zero attached hydrogens (tertiary/aromatic N) is 1. The van der Waals surface area contributed by atoms with Gasteiger partial charge >= 0.3 is 5.97 Å². The molecule has 7 heteroatoms. The molecular formula is C13H8FNO4S. The van der Waals surface area contributed by atoms with Crippen molar-refractivity contribution in [1.29, 1.82) is 0 Å². The lowest BCUT2D eigenvalue weighted by Gasteiger charge is -2.05. The van der Waals surface area contributed by atoms with Gasteiger partial charge < -0.3 is 5.11 Å². The second kappa shape index (κ2) is 5.70. The van der Waals surface area contributed by atoms with Gasteiger partial charge in [0.05, 0.1) is 10.5 Å². The van der Waals surface area contributed by atoms with E-state index < -0.39 is 16.7 Å². The molecule has 0 aliphatic rings. The Morgan fingerprint density at radius 1 is 1.20 bits per heavy atom. The molecular weight excluding hydrogens is 285 g/mol. The molecule has 2 rings (SSSR count). The summed E-state index contributed by atoms with van der Waals surface area (Å²) < 4.78 is 12.8. The summed E-state index contributed by atoms with van der Waals surface area (Å²) in [6, 6.07) is 8.94. The number of halogens is 1. The predicted molar refractivity (Wildman–Crippen MR) is 70.6 cm³/mol. The van der Waals surface area contributed by atoms with Crippen molar-refractivity contribution in [2.24, 2.45) is 0 Å². The smallest absolute Gasteiger partial charge is 0.336 e. The van der Waals surface area contributed by atoms with E-state index in [4.69, 9.17) is 5.11 Å². The molecule has 0 aromatic heterocycles. The topological polar surface area (TPSA) is 80.4 Å². The summed E-state index contributed by atoms with van der Waals surface area (Å²) in [5, 5.41) is 19.8. The number of hydrogen-bond acceptors (Lipinski definition) is 4. The molecule has 1 N–H and O–H groups in total. The van der Waals surface area contributed by atoms with Crippen molar-refractivity contribution in [2.45, 2.75) is 9.79 Å². The molecule has 0 saturated heterocycles. The molecule has 20 heavy (non-hydrogen) atoms. The number of hydrogen-bond donors (Lipinski definition) is 1. The Labute approximate surface area is 117 Å². The molecule has 0 aliphatic carbocycles. The lowest BCUT2D eigenvalue weighted by Crippen LogP contribution is -2.00. The average molecular weight is 293 g/mol. The maximum atomic E-state index is 12.8. The lowest BCUT2D eigenvalue weighted by atomic mass is 10.2. The van der Waals surface area contributed by atoms with E-state index in [1.54, 1.807) is 0 Å². The van der Waals surface area contributed by atoms with Crippen molar-refractivity contribution in [3.63, 3.8) is 0 Å². The van der Waals surface area contributed by atoms with Crippen LogP contribution in [-0.4, -0.2) is 16.0 Å². The van der Waals surface area contributed by atoms with Crippen molar-refractivity contribution in [3.8, 4) is 0 Å². The first-order valence-corrected chi connectivity index (χ1v) is 6.24. The molecule has 0 atom stereocenters. The van der Waals surface area contributed by atoms with Gasteiger partial charge in [0.1, 0.15) is 5.82 Å². The standard InChI is InChI=1S/C13H8FNO4S/c14-8-1-4-10(5-2-8)20-12-7-9(15(18)19)3-6-11(12)13(16)17/h1-7H,(H,16,17). The van der Waals surface area contributed by atoms with Gasteiger partial charge in [-0.15, -0.1) is 0 Å². The van der Waals surface area contributed by atoms with Crippen molar-refractivity contribution < 1.29 is 19.2 Å². The van der Waals surface area contributed by atoms with Crippen LogP contribution in [0.2, 0.25) is 0 Å². The zero-order chi connectivity index (χ0) is 14.7. The van der Waals surface area contributed by atoms with E-state index >= 15 is 0 Å². The van der Waals surface area contributed by atoms with Crippen LogP contribution >= 0.6 is 11.8 Å². The normalized spacial score (nSPS) is 10.2. The summed E-state index contributed by atoms with van der Waals surface area (Å²) in [5.74, 6) is -1.59. The number of benzene rings is 2. The molecule has 0 bridgehead atoms. The Kier molecular flexibility index (Phi) is 3.99. The summed E-state index contributed by atoms with van der Waals surface area (Å²) >= 11 is 1.03. The van der Waals surface area contributed by atoms with E-state index in [1.807, 2.05) is 0 Å². The maximum Gasteiger partial charge on any atom is 0.336 e. The Morgan fingerprint density at radius 3 is 2.40 bits per heavy atom. The van der Waals surface area contributed by atoms with Gasteiger partial charge in [-0.2, -0.15) is 0 Å². The molecule has 0 amide bonds. The highest BCUT2D eigenvalue weighted by atomic mass is 32.2. The van der Waals surface area contributed by atoms with Crippen LogP contribution in [0.1, 0.15) is 10.4 Å². The summed E-state index contributed by atoms with van der Waals surface area (Å²) in [6.07, 6.45) is 0. The summed E-state index contributed by atoms with van der Waals surface area (Å²) in [7, 11) is 0. The second-order valence-electron chi connectivity index (χ2n) is 3.80. The molecule has 0 aliphatic heterocycles. The summed E-state index contributed by atoms with van der Waals surface area (Å²) in [5.41, 5.74) is -0.232. The minimum absolute atomic E-state index is 0.0371. The van der Waals surface area contributed by atoms with Gasteiger partial charge in [-0.25, -0.2) is 9.18 Å². The predicted octanol–water partition coefficient (Wildman–Crippen LogP) is 3.58. The van der Waals surface area contributed by atoms with Gasteiger partial charge in [-0.05, 0) is 30.3 Å². The van der Waals surface area contributed by atoms with E-state index in [0.29, 0.717) is 4.90 Å². The number of carboxylic acids is 1. The first-order chi connectivity index (χ1) is 9.47. The fourth-order valence-corrected chi connectivity index (χ4v) is 2.49. The van der Waals surface area contributed by atoms with Crippen LogP contribution in [0.5, 0.6) is 0 Å². The third-order valence-electron chi connectivity index (χ3n) is 2.45. The number of carbonyl (C=O) groups is 1. The van der Waals surface area contributed by atoms with Crippen LogP contribution in [-0.2, 0) is 0 Å². The van der Waals surface area contributed by atoms with Gasteiger partial charge in [0, 0.05) is 21.9 Å². The minimum atomic E-state index is -1.18. The number of nitro groups is 1. The molecule has 0 heterocycles. The Morgan fingerprint density at radius 2 is 1.85 bits per heavy atom. The quantitative estimate of drug-likeness (QED) is 0.688. The highest BCUT2D eigenvalue weighted by Crippen LogP contribution is 2.33. The summed E-state index contributed by atoms with van der Waals surface area (Å²) in [6.45, 7) is 0. The minimum Gasteiger partial charge on any atom is -0.478 e. The van der Waals surface area contributed by atoms with Crippen LogP contribution in [0.4, 0.5) is 10.1 Å². The summed E-state index contributed by atoms with van der Waals surface area (Å²) in [4.78, 5) is 22.1. The second-order valence-corrected chi connectivity index (χ2v) is 4.91. The number of non-ortho nitro benzene ring substituents is 1. The fourth-order valence-electron chi connectivity index (χ4n) is 1.52. The SMILES string of the molecule is O=C(O)c1ccc([N+](=O)[O-])cc1Sc1ccc(F)cc1. The van der Waals surface area contributed by atoms with Crippen molar-refractivity contribution >= 4 is 23.4 Å². The lowest BCUT2D eigenvalue weighted by molar-refractivity contribution is -0.385. The molecule has 102 valence electrons. The van der Waals surface area contributed by atoms with Gasteiger partial charge in [0.2, 0.25) is 0 Å². The van der Waals surface area contributed by atoms with Gasteiger partial charge in [0.25, 0.3) is 5.69 Å². The van der Waals surface area contributed by atoms with Gasteiger partial charge in [0.15, 0.2) is 0 Å². The Bertz CT molecular complexity index is 673. The monoisotopic (exact) mass is 293 g/mol. The largest absolute Gasteiger partial charge is 0.478 e. The van der Waals surface area contributed by atoms with E-state index in [2.05, 4.69) is 0 Å². The van der Waals surface area contributed by atoms with E-state index in [1.165, 1.54) is 36.4 Å². The molecule has 0 saturated carbocycles. The first-order valence-electron chi connectivity index (χ1n) is 5.42. The number of nitro benzene ring substituents is 1. The number of rotatable bonds is 4. The molecule has 0 radical (unpaired) electrons. The van der Waals surface area contributed by atoms with Crippen LogP contribution in [0, 0.1) is 15.9 Å². The van der Waals surface area contributed by atoms with E-state index in [9.17, 15) is 19.3 Å². The van der Waals surface area contributed by atoms with E-state index in [0.717, 1.165) is 17.8 Å². The van der Waals surface area contributed by atoms with Crippen molar-refractivity contribution in [3.05, 3.63) is 64.0 Å². The molecule has 2 aromatic carbocycles. The van der Waals surface area contributed by atoms with Crippen LogP contribution in [0.25, 0.3) is 0 Å². The van der Waals surface area contributed by atoms with Crippen molar-refractivity contribution in [1.82, 2.24) is 0 Å². The fraction of sp³-hybridized carbons (Fsp3) is 0. The highest BCUT2D eigenvalue weighted by Gasteiger charge is 2.16. The molecule has 5 nitrogen and oxygen atoms in total. The van der Waals surface area contributed by atoms with Crippen molar-refractivity contribution in [2.75, 3.05) is 0 Å². The van der Waals surface area contributed by atoms with Crippen LogP contribution in [0.15, 0.2) is 52.3 Å². The third kappa shape index (κ3) is 3.12. The van der Waals surface area contributed by atoms with Crippen LogP contribution < -0.4 is 0 Å². The number of aromatic carboxylic acids is 1. The highest BCUT2D eigenvalue weighted by molar-refractivity contribution is 7.99. The zero-order valence-electron chi connectivity index (χ0n) is 9.95. The Hall–Kier alpha value is -2.41. The van der Waals surface area contributed by atoms with Gasteiger partial charge in [-0.1, -0.05) is 11.8 Å². The molecule has 0 spiro atoms. The van der Waals surface area contributed by atoms with E-state index in [-0.39, 0.29) is 16.1 Å². The third-order valence-corrected chi connectivity index (χ3v) is 3.51.